The topological polar surface area (TPSA) is 49.4 Å². The zero-order valence-electron chi connectivity index (χ0n) is 13.8. The molecule has 2 fully saturated rings. The molecule has 1 aliphatic carbocycles. The maximum atomic E-state index is 12.1. The molecule has 0 bridgehead atoms. The molecule has 1 atom stereocenters. The molecule has 3 rings (SSSR count). The van der Waals surface area contributed by atoms with Crippen LogP contribution in [0.3, 0.4) is 0 Å². The molecule has 1 aromatic carbocycles. The van der Waals surface area contributed by atoms with E-state index in [2.05, 4.69) is 40.0 Å². The lowest BCUT2D eigenvalue weighted by Gasteiger charge is -2.17. The molecule has 1 N–H and O–H groups in total. The second-order valence-electron chi connectivity index (χ2n) is 7.02. The van der Waals surface area contributed by atoms with Gasteiger partial charge in [0.1, 0.15) is 0 Å². The second kappa shape index (κ2) is 7.77. The summed E-state index contributed by atoms with van der Waals surface area (Å²) in [6, 6.07) is 10.6. The van der Waals surface area contributed by atoms with Crippen LogP contribution in [0.1, 0.15) is 43.6 Å². The van der Waals surface area contributed by atoms with Crippen LogP contribution in [0.5, 0.6) is 0 Å². The van der Waals surface area contributed by atoms with Crippen molar-refractivity contribution in [3.8, 4) is 0 Å². The summed E-state index contributed by atoms with van der Waals surface area (Å²) < 4.78 is 27.0. The summed E-state index contributed by atoms with van der Waals surface area (Å²) in [4.78, 5) is 2.37. The molecular formula is C18H28N2O2S. The van der Waals surface area contributed by atoms with Gasteiger partial charge in [0.25, 0.3) is 0 Å². The minimum Gasteiger partial charge on any atom is -0.301 e. The third kappa shape index (κ3) is 5.03. The third-order valence-electron chi connectivity index (χ3n) is 5.22. The highest BCUT2D eigenvalue weighted by molar-refractivity contribution is 7.89. The molecule has 1 aliphatic heterocycles. The highest BCUT2D eigenvalue weighted by atomic mass is 32.2. The first kappa shape index (κ1) is 16.9. The largest absolute Gasteiger partial charge is 0.301 e. The quantitative estimate of drug-likeness (QED) is 0.832. The molecule has 1 saturated heterocycles. The zero-order chi connectivity index (χ0) is 16.1. The van der Waals surface area contributed by atoms with Gasteiger partial charge in [-0.3, -0.25) is 0 Å². The van der Waals surface area contributed by atoms with Crippen molar-refractivity contribution < 1.29 is 8.42 Å². The first-order valence-corrected chi connectivity index (χ1v) is 10.5. The van der Waals surface area contributed by atoms with Gasteiger partial charge in [-0.1, -0.05) is 43.2 Å². The van der Waals surface area contributed by atoms with Crippen LogP contribution in [0.15, 0.2) is 30.3 Å². The number of sulfonamides is 1. The summed E-state index contributed by atoms with van der Waals surface area (Å²) in [6.07, 6.45) is 5.69. The fraction of sp³-hybridized carbons (Fsp3) is 0.667. The monoisotopic (exact) mass is 336 g/mol. The molecule has 0 radical (unpaired) electrons. The summed E-state index contributed by atoms with van der Waals surface area (Å²) >= 11 is 0. The van der Waals surface area contributed by atoms with Crippen molar-refractivity contribution in [2.75, 3.05) is 31.9 Å². The van der Waals surface area contributed by atoms with E-state index in [1.165, 1.54) is 24.8 Å². The molecule has 1 aromatic rings. The number of rotatable bonds is 7. The van der Waals surface area contributed by atoms with Gasteiger partial charge in [0, 0.05) is 19.6 Å². The van der Waals surface area contributed by atoms with Gasteiger partial charge in [-0.25, -0.2) is 13.1 Å². The SMILES string of the molecule is O=S(=O)(CC1CCCC1)NCCN1CC[C@H](c2ccccc2)C1. The van der Waals surface area contributed by atoms with Crippen molar-refractivity contribution in [2.24, 2.45) is 5.92 Å². The van der Waals surface area contributed by atoms with Crippen LogP contribution >= 0.6 is 0 Å². The van der Waals surface area contributed by atoms with Crippen molar-refractivity contribution in [1.82, 2.24) is 9.62 Å². The third-order valence-corrected chi connectivity index (χ3v) is 6.78. The lowest BCUT2D eigenvalue weighted by Crippen LogP contribution is -2.36. The normalized spacial score (nSPS) is 23.6. The Kier molecular flexibility index (Phi) is 5.72. The van der Waals surface area contributed by atoms with E-state index in [1.54, 1.807) is 0 Å². The van der Waals surface area contributed by atoms with E-state index in [9.17, 15) is 8.42 Å². The molecule has 0 spiro atoms. The standard InChI is InChI=1S/C18H28N2O2S/c21-23(22,15-16-6-4-5-7-16)19-11-13-20-12-10-18(14-20)17-8-2-1-3-9-17/h1-3,8-9,16,18-19H,4-7,10-15H2/t18-/m0/s1. The summed E-state index contributed by atoms with van der Waals surface area (Å²) in [5, 5.41) is 0. The average molecular weight is 337 g/mol. The number of nitrogens with one attached hydrogen (secondary N) is 1. The Hall–Kier alpha value is -0.910. The summed E-state index contributed by atoms with van der Waals surface area (Å²) in [6.45, 7) is 3.45. The van der Waals surface area contributed by atoms with E-state index in [1.807, 2.05) is 0 Å². The zero-order valence-corrected chi connectivity index (χ0v) is 14.6. The highest BCUT2D eigenvalue weighted by Gasteiger charge is 2.25. The van der Waals surface area contributed by atoms with Crippen LogP contribution in [0.4, 0.5) is 0 Å². The van der Waals surface area contributed by atoms with Gasteiger partial charge >= 0.3 is 0 Å². The molecular weight excluding hydrogens is 308 g/mol. The number of hydrogen-bond acceptors (Lipinski definition) is 3. The van der Waals surface area contributed by atoms with E-state index in [0.717, 1.165) is 32.5 Å². The Labute approximate surface area is 140 Å². The minimum atomic E-state index is -3.10. The van der Waals surface area contributed by atoms with Gasteiger partial charge in [0.05, 0.1) is 5.75 Å². The fourth-order valence-corrected chi connectivity index (χ4v) is 5.41. The second-order valence-corrected chi connectivity index (χ2v) is 8.87. The van der Waals surface area contributed by atoms with Crippen molar-refractivity contribution >= 4 is 10.0 Å². The van der Waals surface area contributed by atoms with Crippen LogP contribution in [-0.4, -0.2) is 45.2 Å². The van der Waals surface area contributed by atoms with Crippen LogP contribution in [-0.2, 0) is 10.0 Å². The molecule has 1 saturated carbocycles. The molecule has 0 aromatic heterocycles. The lowest BCUT2D eigenvalue weighted by molar-refractivity contribution is 0.339. The molecule has 0 unspecified atom stereocenters. The van der Waals surface area contributed by atoms with Crippen molar-refractivity contribution in [2.45, 2.75) is 38.0 Å². The summed E-state index contributed by atoms with van der Waals surface area (Å²) in [7, 11) is -3.10. The molecule has 23 heavy (non-hydrogen) atoms. The van der Waals surface area contributed by atoms with Gasteiger partial charge in [0.2, 0.25) is 10.0 Å². The number of hydrogen-bond donors (Lipinski definition) is 1. The maximum absolute atomic E-state index is 12.1. The Morgan fingerprint density at radius 3 is 2.57 bits per heavy atom. The predicted octanol–water partition coefficient (Wildman–Crippen LogP) is 2.59. The van der Waals surface area contributed by atoms with Crippen LogP contribution in [0.25, 0.3) is 0 Å². The molecule has 5 heteroatoms. The predicted molar refractivity (Wildman–Crippen MR) is 94.0 cm³/mol. The smallest absolute Gasteiger partial charge is 0.211 e. The van der Waals surface area contributed by atoms with Gasteiger partial charge in [0.15, 0.2) is 0 Å². The van der Waals surface area contributed by atoms with E-state index < -0.39 is 10.0 Å². The first-order chi connectivity index (χ1) is 11.1. The molecule has 1 heterocycles. The van der Waals surface area contributed by atoms with Gasteiger partial charge in [-0.15, -0.1) is 0 Å². The fourth-order valence-electron chi connectivity index (χ4n) is 3.94. The first-order valence-electron chi connectivity index (χ1n) is 8.87. The minimum absolute atomic E-state index is 0.319. The number of likely N-dealkylation sites (tertiary alicyclic amines) is 1. The van der Waals surface area contributed by atoms with Crippen molar-refractivity contribution in [3.63, 3.8) is 0 Å². The van der Waals surface area contributed by atoms with E-state index in [0.29, 0.717) is 24.1 Å². The number of nitrogens with zero attached hydrogens (tertiary/aromatic N) is 1. The Bertz CT molecular complexity index is 582. The number of benzene rings is 1. The molecule has 4 nitrogen and oxygen atoms in total. The maximum Gasteiger partial charge on any atom is 0.211 e. The van der Waals surface area contributed by atoms with Gasteiger partial charge < -0.3 is 4.90 Å². The Morgan fingerprint density at radius 1 is 1.09 bits per heavy atom. The molecule has 2 aliphatic rings. The Morgan fingerprint density at radius 2 is 1.83 bits per heavy atom. The Balaban J connectivity index is 1.39. The van der Waals surface area contributed by atoms with E-state index in [4.69, 9.17) is 0 Å². The molecule has 0 amide bonds. The van der Waals surface area contributed by atoms with Crippen molar-refractivity contribution in [1.29, 1.82) is 0 Å². The van der Waals surface area contributed by atoms with Crippen molar-refractivity contribution in [3.05, 3.63) is 35.9 Å². The van der Waals surface area contributed by atoms with Crippen LogP contribution < -0.4 is 4.72 Å². The summed E-state index contributed by atoms with van der Waals surface area (Å²) in [5.74, 6) is 1.28. The lowest BCUT2D eigenvalue weighted by atomic mass is 9.99. The van der Waals surface area contributed by atoms with Crippen LogP contribution in [0, 0.1) is 5.92 Å². The average Bonchev–Trinajstić information content (AvgIpc) is 3.19. The summed E-state index contributed by atoms with van der Waals surface area (Å²) in [5.41, 5.74) is 1.40. The van der Waals surface area contributed by atoms with E-state index in [-0.39, 0.29) is 0 Å². The highest BCUT2D eigenvalue weighted by Crippen LogP contribution is 2.27. The molecule has 128 valence electrons. The van der Waals surface area contributed by atoms with Gasteiger partial charge in [-0.05, 0) is 43.2 Å². The van der Waals surface area contributed by atoms with Gasteiger partial charge in [-0.2, -0.15) is 0 Å². The van der Waals surface area contributed by atoms with Crippen LogP contribution in [0.2, 0.25) is 0 Å². The van der Waals surface area contributed by atoms with E-state index >= 15 is 0 Å².